The van der Waals surface area contributed by atoms with Crippen LogP contribution < -0.4 is 9.47 Å². The normalized spacial score (nSPS) is 25.3. The number of aliphatic hydroxyl groups is 1. The number of ether oxygens (including phenoxy) is 2. The lowest BCUT2D eigenvalue weighted by Gasteiger charge is -2.55. The molecule has 190 valence electrons. The van der Waals surface area contributed by atoms with Crippen LogP contribution in [0.5, 0.6) is 23.0 Å². The molecule has 3 atom stereocenters. The highest BCUT2D eigenvalue weighted by molar-refractivity contribution is 5.73. The van der Waals surface area contributed by atoms with Gasteiger partial charge in [0.05, 0.1) is 13.2 Å². The number of hydrogen-bond donors (Lipinski definition) is 3. The maximum atomic E-state index is 10.7. The van der Waals surface area contributed by atoms with Crippen LogP contribution in [0.15, 0.2) is 24.3 Å². The number of methoxy groups -OCH3 is 1. The fourth-order valence-corrected chi connectivity index (χ4v) is 5.88. The Morgan fingerprint density at radius 1 is 1.06 bits per heavy atom. The third-order valence-corrected chi connectivity index (χ3v) is 8.21. The number of hydrogen-bond acceptors (Lipinski definition) is 5. The Balaban J connectivity index is 1.63. The van der Waals surface area contributed by atoms with Gasteiger partial charge in [-0.05, 0) is 91.3 Å². The molecule has 0 saturated heterocycles. The Kier molecular flexibility index (Phi) is 6.85. The van der Waals surface area contributed by atoms with Crippen molar-refractivity contribution in [2.24, 2.45) is 17.3 Å². The Labute approximate surface area is 209 Å². The summed E-state index contributed by atoms with van der Waals surface area (Å²) in [7, 11) is 1.65. The van der Waals surface area contributed by atoms with Gasteiger partial charge in [0, 0.05) is 11.5 Å². The molecule has 3 N–H and O–H groups in total. The van der Waals surface area contributed by atoms with Crippen molar-refractivity contribution in [2.45, 2.75) is 78.4 Å². The molecule has 0 bridgehead atoms. The van der Waals surface area contributed by atoms with E-state index in [0.717, 1.165) is 48.1 Å². The Morgan fingerprint density at radius 2 is 1.69 bits per heavy atom. The molecule has 1 fully saturated rings. The molecule has 0 spiro atoms. The molecule has 2 aromatic carbocycles. The highest BCUT2D eigenvalue weighted by Gasteiger charge is 2.54. The molecular weight excluding hydrogens is 440 g/mol. The van der Waals surface area contributed by atoms with E-state index in [-0.39, 0.29) is 34.5 Å². The second-order valence-corrected chi connectivity index (χ2v) is 11.6. The van der Waals surface area contributed by atoms with Gasteiger partial charge in [0.2, 0.25) is 0 Å². The lowest BCUT2D eigenvalue weighted by atomic mass is 9.57. The zero-order valence-corrected chi connectivity index (χ0v) is 21.9. The van der Waals surface area contributed by atoms with Crippen molar-refractivity contribution in [1.82, 2.24) is 0 Å². The molecule has 0 aromatic heterocycles. The van der Waals surface area contributed by atoms with Crippen LogP contribution in [0.2, 0.25) is 0 Å². The Hall–Kier alpha value is -2.66. The fourth-order valence-electron chi connectivity index (χ4n) is 5.88. The molecule has 1 heterocycles. The first-order valence-electron chi connectivity index (χ1n) is 12.8. The molecule has 2 aliphatic rings. The molecule has 1 aliphatic heterocycles. The quantitative estimate of drug-likeness (QED) is 0.420. The summed E-state index contributed by atoms with van der Waals surface area (Å²) in [5, 5.41) is 31.6. The van der Waals surface area contributed by atoms with Crippen molar-refractivity contribution in [3.05, 3.63) is 46.5 Å². The number of aliphatic hydroxyl groups excluding tert-OH is 1. The molecule has 0 radical (unpaired) electrons. The van der Waals surface area contributed by atoms with Gasteiger partial charge in [-0.1, -0.05) is 39.8 Å². The van der Waals surface area contributed by atoms with Gasteiger partial charge >= 0.3 is 0 Å². The standard InChI is InChI=1S/C30H40O5/c1-18(2)7-10-22-23(31)14-20(15-24(22)32)9-8-19-13-21-17-26-29(3,4)27(33)11-12-30(26,5)35-28(21)25(16-19)34-6/h8-9,13-16,18,26-27,31-33H,7,10-12,17H2,1-6H3/b9-8+/t26-,27-,30-/m1/s1. The van der Waals surface area contributed by atoms with E-state index < -0.39 is 0 Å². The van der Waals surface area contributed by atoms with Crippen molar-refractivity contribution in [1.29, 1.82) is 0 Å². The summed E-state index contributed by atoms with van der Waals surface area (Å²) >= 11 is 0. The van der Waals surface area contributed by atoms with Gasteiger partial charge in [0.25, 0.3) is 0 Å². The molecule has 0 unspecified atom stereocenters. The average molecular weight is 481 g/mol. The lowest BCUT2D eigenvalue weighted by molar-refractivity contribution is -0.138. The van der Waals surface area contributed by atoms with Gasteiger partial charge in [0.15, 0.2) is 11.5 Å². The summed E-state index contributed by atoms with van der Waals surface area (Å²) in [6.07, 6.45) is 7.39. The van der Waals surface area contributed by atoms with E-state index in [1.807, 2.05) is 18.2 Å². The van der Waals surface area contributed by atoms with E-state index in [0.29, 0.717) is 23.7 Å². The van der Waals surface area contributed by atoms with Gasteiger partial charge < -0.3 is 24.8 Å². The minimum Gasteiger partial charge on any atom is -0.508 e. The lowest BCUT2D eigenvalue weighted by Crippen LogP contribution is -2.58. The van der Waals surface area contributed by atoms with Gasteiger partial charge in [0.1, 0.15) is 17.1 Å². The van der Waals surface area contributed by atoms with Crippen molar-refractivity contribution >= 4 is 12.2 Å². The molecular formula is C30H40O5. The molecule has 0 amide bonds. The van der Waals surface area contributed by atoms with Crippen molar-refractivity contribution in [3.8, 4) is 23.0 Å². The summed E-state index contributed by atoms with van der Waals surface area (Å²) in [5.41, 5.74) is 2.76. The van der Waals surface area contributed by atoms with Gasteiger partial charge in [-0.2, -0.15) is 0 Å². The van der Waals surface area contributed by atoms with Gasteiger partial charge in [-0.25, -0.2) is 0 Å². The van der Waals surface area contributed by atoms with Crippen molar-refractivity contribution in [3.63, 3.8) is 0 Å². The second-order valence-electron chi connectivity index (χ2n) is 11.6. The smallest absolute Gasteiger partial charge is 0.165 e. The zero-order chi connectivity index (χ0) is 25.5. The van der Waals surface area contributed by atoms with Crippen LogP contribution >= 0.6 is 0 Å². The average Bonchev–Trinajstić information content (AvgIpc) is 2.78. The number of aromatic hydroxyl groups is 2. The topological polar surface area (TPSA) is 79.2 Å². The second kappa shape index (κ2) is 9.42. The number of phenolic OH excluding ortho intramolecular Hbond substituents is 2. The maximum absolute atomic E-state index is 10.7. The molecule has 5 heteroatoms. The molecule has 1 saturated carbocycles. The summed E-state index contributed by atoms with van der Waals surface area (Å²) in [5.74, 6) is 2.41. The van der Waals surface area contributed by atoms with E-state index in [1.54, 1.807) is 19.2 Å². The largest absolute Gasteiger partial charge is 0.508 e. The van der Waals surface area contributed by atoms with Crippen LogP contribution in [0.25, 0.3) is 12.2 Å². The molecule has 4 rings (SSSR count). The monoisotopic (exact) mass is 480 g/mol. The Bertz CT molecular complexity index is 1090. The summed E-state index contributed by atoms with van der Waals surface area (Å²) < 4.78 is 12.3. The first-order chi connectivity index (χ1) is 16.4. The van der Waals surface area contributed by atoms with Crippen LogP contribution in [0.1, 0.15) is 76.1 Å². The van der Waals surface area contributed by atoms with Crippen LogP contribution in [-0.2, 0) is 12.8 Å². The predicted molar refractivity (Wildman–Crippen MR) is 140 cm³/mol. The van der Waals surface area contributed by atoms with E-state index >= 15 is 0 Å². The molecule has 35 heavy (non-hydrogen) atoms. The third-order valence-electron chi connectivity index (χ3n) is 8.21. The molecule has 5 nitrogen and oxygen atoms in total. The number of phenols is 2. The zero-order valence-electron chi connectivity index (χ0n) is 21.9. The number of rotatable bonds is 6. The van der Waals surface area contributed by atoms with Crippen LogP contribution in [-0.4, -0.2) is 34.1 Å². The van der Waals surface area contributed by atoms with Crippen LogP contribution in [0.3, 0.4) is 0 Å². The molecule has 1 aliphatic carbocycles. The molecule has 2 aromatic rings. The van der Waals surface area contributed by atoms with Crippen LogP contribution in [0.4, 0.5) is 0 Å². The van der Waals surface area contributed by atoms with E-state index in [1.165, 1.54) is 0 Å². The number of fused-ring (bicyclic) bond motifs is 2. The maximum Gasteiger partial charge on any atom is 0.165 e. The predicted octanol–water partition coefficient (Wildman–Crippen LogP) is 6.36. The SMILES string of the molecule is COc1cc(/C=C/c2cc(O)c(CCC(C)C)c(O)c2)cc2c1O[C@]1(C)CC[C@@H](O)C(C)(C)[C@H]1C2. The third kappa shape index (κ3) is 4.88. The van der Waals surface area contributed by atoms with Crippen molar-refractivity contribution in [2.75, 3.05) is 7.11 Å². The summed E-state index contributed by atoms with van der Waals surface area (Å²) in [6.45, 7) is 10.7. The van der Waals surface area contributed by atoms with E-state index in [4.69, 9.17) is 9.47 Å². The van der Waals surface area contributed by atoms with Gasteiger partial charge in [-0.15, -0.1) is 0 Å². The minimum atomic E-state index is -0.348. The Morgan fingerprint density at radius 3 is 2.29 bits per heavy atom. The van der Waals surface area contributed by atoms with E-state index in [2.05, 4.69) is 40.7 Å². The van der Waals surface area contributed by atoms with E-state index in [9.17, 15) is 15.3 Å². The highest BCUT2D eigenvalue weighted by atomic mass is 16.5. The number of benzene rings is 2. The fraction of sp³-hybridized carbons (Fsp3) is 0.533. The summed E-state index contributed by atoms with van der Waals surface area (Å²) in [4.78, 5) is 0. The highest BCUT2D eigenvalue weighted by Crippen LogP contribution is 2.55. The van der Waals surface area contributed by atoms with Gasteiger partial charge in [-0.3, -0.25) is 0 Å². The minimum absolute atomic E-state index is 0.124. The summed E-state index contributed by atoms with van der Waals surface area (Å²) in [6, 6.07) is 7.46. The first-order valence-corrected chi connectivity index (χ1v) is 12.8. The van der Waals surface area contributed by atoms with Crippen LogP contribution in [0, 0.1) is 17.3 Å². The first kappa shape index (κ1) is 25.4. The van der Waals surface area contributed by atoms with Crippen molar-refractivity contribution < 1.29 is 24.8 Å².